The minimum Gasteiger partial charge on any atom is -0.391 e. The molecule has 1 aromatic rings. The smallest absolute Gasteiger partial charge is 0.157 e. The van der Waals surface area contributed by atoms with Gasteiger partial charge in [0.1, 0.15) is 5.82 Å². The average Bonchev–Trinajstić information content (AvgIpc) is 2.48. The van der Waals surface area contributed by atoms with Gasteiger partial charge in [-0.25, -0.2) is 9.97 Å². The van der Waals surface area contributed by atoms with E-state index in [4.69, 9.17) is 0 Å². The van der Waals surface area contributed by atoms with Crippen molar-refractivity contribution in [2.24, 2.45) is 0 Å². The number of rotatable bonds is 2. The van der Waals surface area contributed by atoms with Gasteiger partial charge in [0, 0.05) is 19.3 Å². The van der Waals surface area contributed by atoms with E-state index >= 15 is 0 Å². The summed E-state index contributed by atoms with van der Waals surface area (Å²) in [6.45, 7) is 1.67. The van der Waals surface area contributed by atoms with E-state index in [2.05, 4.69) is 20.9 Å². The number of aliphatic hydroxyl groups excluding tert-OH is 1. The van der Waals surface area contributed by atoms with Crippen molar-refractivity contribution in [2.45, 2.75) is 44.6 Å². The third-order valence-corrected chi connectivity index (χ3v) is 3.94. The van der Waals surface area contributed by atoms with E-state index in [0.29, 0.717) is 6.54 Å². The Morgan fingerprint density at radius 3 is 3.00 bits per heavy atom. The van der Waals surface area contributed by atoms with E-state index in [1.54, 1.807) is 0 Å². The van der Waals surface area contributed by atoms with Crippen molar-refractivity contribution in [2.75, 3.05) is 18.0 Å². The summed E-state index contributed by atoms with van der Waals surface area (Å²) in [4.78, 5) is 11.3. The number of aromatic nitrogens is 2. The van der Waals surface area contributed by atoms with Crippen LogP contribution in [0, 0.1) is 0 Å². The second kappa shape index (κ2) is 5.70. The van der Waals surface area contributed by atoms with Gasteiger partial charge in [0.15, 0.2) is 5.82 Å². The Kier molecular flexibility index (Phi) is 3.78. The third-order valence-electron chi connectivity index (χ3n) is 3.94. The number of nitrogens with zero attached hydrogens (tertiary/aromatic N) is 3. The molecule has 1 aliphatic heterocycles. The number of anilines is 1. The second-order valence-electron chi connectivity index (χ2n) is 5.46. The summed E-state index contributed by atoms with van der Waals surface area (Å²) in [7, 11) is 0. The van der Waals surface area contributed by atoms with Gasteiger partial charge in [-0.1, -0.05) is 6.08 Å². The standard InChI is InChI=1S/C15H21N3O/c19-13-7-4-10-18(11-13)14-8-9-16-15(17-14)12-5-2-1-3-6-12/h5,8-9,13,19H,1-4,6-7,10-11H2/t13-/m1/s1. The lowest BCUT2D eigenvalue weighted by Crippen LogP contribution is -2.38. The predicted octanol–water partition coefficient (Wildman–Crippen LogP) is 2.40. The molecule has 2 aliphatic rings. The first-order valence-electron chi connectivity index (χ1n) is 7.28. The molecule has 0 amide bonds. The van der Waals surface area contributed by atoms with Crippen molar-refractivity contribution >= 4 is 11.4 Å². The average molecular weight is 259 g/mol. The molecule has 2 heterocycles. The van der Waals surface area contributed by atoms with E-state index in [0.717, 1.165) is 43.9 Å². The Balaban J connectivity index is 1.81. The summed E-state index contributed by atoms with van der Waals surface area (Å²) in [6, 6.07) is 1.95. The van der Waals surface area contributed by atoms with Crippen molar-refractivity contribution < 1.29 is 5.11 Å². The van der Waals surface area contributed by atoms with Crippen LogP contribution in [0.4, 0.5) is 5.82 Å². The van der Waals surface area contributed by atoms with Gasteiger partial charge in [0.2, 0.25) is 0 Å². The van der Waals surface area contributed by atoms with Crippen LogP contribution in [0.3, 0.4) is 0 Å². The van der Waals surface area contributed by atoms with Crippen molar-refractivity contribution in [1.29, 1.82) is 0 Å². The molecule has 19 heavy (non-hydrogen) atoms. The largest absolute Gasteiger partial charge is 0.391 e. The van der Waals surface area contributed by atoms with Gasteiger partial charge >= 0.3 is 0 Å². The summed E-state index contributed by atoms with van der Waals surface area (Å²) in [5, 5.41) is 9.76. The molecule has 102 valence electrons. The van der Waals surface area contributed by atoms with Crippen LogP contribution in [0.5, 0.6) is 0 Å². The molecule has 4 heteroatoms. The maximum absolute atomic E-state index is 9.76. The Morgan fingerprint density at radius 2 is 2.21 bits per heavy atom. The molecule has 1 atom stereocenters. The highest BCUT2D eigenvalue weighted by atomic mass is 16.3. The quantitative estimate of drug-likeness (QED) is 0.886. The molecule has 4 nitrogen and oxygen atoms in total. The van der Waals surface area contributed by atoms with Crippen LogP contribution in [0.15, 0.2) is 18.3 Å². The summed E-state index contributed by atoms with van der Waals surface area (Å²) < 4.78 is 0. The van der Waals surface area contributed by atoms with Crippen LogP contribution in [-0.4, -0.2) is 34.3 Å². The zero-order valence-electron chi connectivity index (χ0n) is 11.3. The van der Waals surface area contributed by atoms with Gasteiger partial charge in [-0.2, -0.15) is 0 Å². The van der Waals surface area contributed by atoms with Crippen LogP contribution >= 0.6 is 0 Å². The highest BCUT2D eigenvalue weighted by molar-refractivity contribution is 5.61. The molecule has 1 fully saturated rings. The maximum atomic E-state index is 9.76. The zero-order valence-corrected chi connectivity index (χ0v) is 11.3. The van der Waals surface area contributed by atoms with Gasteiger partial charge in [-0.15, -0.1) is 0 Å². The number of allylic oxidation sites excluding steroid dienone is 2. The molecule has 1 N–H and O–H groups in total. The Morgan fingerprint density at radius 1 is 1.26 bits per heavy atom. The molecule has 1 aromatic heterocycles. The lowest BCUT2D eigenvalue weighted by Gasteiger charge is -2.31. The highest BCUT2D eigenvalue weighted by Gasteiger charge is 2.19. The van der Waals surface area contributed by atoms with E-state index < -0.39 is 0 Å². The molecule has 0 unspecified atom stereocenters. The summed E-state index contributed by atoms with van der Waals surface area (Å²) in [5.74, 6) is 1.83. The number of β-amino-alcohol motifs (C(OH)–C–C–N with tert-alkyl or cyclic N) is 1. The van der Waals surface area contributed by atoms with Crippen molar-refractivity contribution in [3.05, 3.63) is 24.2 Å². The van der Waals surface area contributed by atoms with Gasteiger partial charge in [-0.3, -0.25) is 0 Å². The SMILES string of the molecule is O[C@@H]1CCCN(c2ccnc(C3=CCCCC3)n2)C1. The van der Waals surface area contributed by atoms with Crippen LogP contribution < -0.4 is 4.90 Å². The molecule has 1 saturated heterocycles. The Labute approximate surface area is 114 Å². The van der Waals surface area contributed by atoms with Gasteiger partial charge < -0.3 is 10.0 Å². The normalized spacial score (nSPS) is 24.2. The number of hydrogen-bond acceptors (Lipinski definition) is 4. The lowest BCUT2D eigenvalue weighted by atomic mass is 9.99. The molecule has 3 rings (SSSR count). The molecule has 0 saturated carbocycles. The third kappa shape index (κ3) is 2.95. The number of hydrogen-bond donors (Lipinski definition) is 1. The van der Waals surface area contributed by atoms with Crippen LogP contribution in [0.25, 0.3) is 5.57 Å². The molecular weight excluding hydrogens is 238 g/mol. The highest BCUT2D eigenvalue weighted by Crippen LogP contribution is 2.26. The second-order valence-corrected chi connectivity index (χ2v) is 5.46. The zero-order chi connectivity index (χ0) is 13.1. The van der Waals surface area contributed by atoms with Crippen molar-refractivity contribution in [3.63, 3.8) is 0 Å². The molecule has 0 aromatic carbocycles. The first-order valence-corrected chi connectivity index (χ1v) is 7.28. The Bertz CT molecular complexity index is 472. The van der Waals surface area contributed by atoms with Gasteiger partial charge in [0.05, 0.1) is 6.10 Å². The fourth-order valence-electron chi connectivity index (χ4n) is 2.88. The molecule has 0 bridgehead atoms. The molecular formula is C15H21N3O. The first-order chi connectivity index (χ1) is 9.33. The summed E-state index contributed by atoms with van der Waals surface area (Å²) in [5.41, 5.74) is 1.28. The maximum Gasteiger partial charge on any atom is 0.157 e. The molecule has 1 aliphatic carbocycles. The van der Waals surface area contributed by atoms with Crippen molar-refractivity contribution in [3.8, 4) is 0 Å². The number of piperidine rings is 1. The summed E-state index contributed by atoms with van der Waals surface area (Å²) >= 11 is 0. The Hall–Kier alpha value is -1.42. The minimum absolute atomic E-state index is 0.221. The van der Waals surface area contributed by atoms with E-state index in [-0.39, 0.29) is 6.10 Å². The fraction of sp³-hybridized carbons (Fsp3) is 0.600. The van der Waals surface area contributed by atoms with Gasteiger partial charge in [-0.05, 0) is 50.2 Å². The fourth-order valence-corrected chi connectivity index (χ4v) is 2.88. The molecule has 0 spiro atoms. The van der Waals surface area contributed by atoms with Crippen LogP contribution in [0.1, 0.15) is 44.3 Å². The number of aliphatic hydroxyl groups is 1. The van der Waals surface area contributed by atoms with E-state index in [9.17, 15) is 5.11 Å². The predicted molar refractivity (Wildman–Crippen MR) is 75.9 cm³/mol. The minimum atomic E-state index is -0.221. The lowest BCUT2D eigenvalue weighted by molar-refractivity contribution is 0.154. The molecule has 0 radical (unpaired) electrons. The van der Waals surface area contributed by atoms with Crippen LogP contribution in [-0.2, 0) is 0 Å². The van der Waals surface area contributed by atoms with Gasteiger partial charge in [0.25, 0.3) is 0 Å². The first kappa shape index (κ1) is 12.6. The topological polar surface area (TPSA) is 49.2 Å². The van der Waals surface area contributed by atoms with Crippen LogP contribution in [0.2, 0.25) is 0 Å². The van der Waals surface area contributed by atoms with E-state index in [1.165, 1.54) is 18.4 Å². The monoisotopic (exact) mass is 259 g/mol. The summed E-state index contributed by atoms with van der Waals surface area (Å²) in [6.07, 6.45) is 10.6. The van der Waals surface area contributed by atoms with E-state index in [1.807, 2.05) is 12.3 Å². The van der Waals surface area contributed by atoms with Crippen molar-refractivity contribution in [1.82, 2.24) is 9.97 Å².